The van der Waals surface area contributed by atoms with E-state index in [9.17, 15) is 4.39 Å². The van der Waals surface area contributed by atoms with Crippen molar-refractivity contribution in [2.75, 3.05) is 0 Å². The van der Waals surface area contributed by atoms with Crippen LogP contribution in [-0.4, -0.2) is 0 Å². The second kappa shape index (κ2) is 5.15. The van der Waals surface area contributed by atoms with Gasteiger partial charge in [-0.3, -0.25) is 0 Å². The highest BCUT2D eigenvalue weighted by Gasteiger charge is 2.22. The zero-order valence-corrected chi connectivity index (χ0v) is 10.6. The van der Waals surface area contributed by atoms with Gasteiger partial charge in [-0.15, -0.1) is 12.4 Å². The topological polar surface area (TPSA) is 26.0 Å². The molecule has 0 aliphatic rings. The van der Waals surface area contributed by atoms with Gasteiger partial charge in [0.25, 0.3) is 0 Å². The zero-order valence-electron chi connectivity index (χ0n) is 9.05. The largest absolute Gasteiger partial charge is 0.324 e. The van der Waals surface area contributed by atoms with E-state index in [1.54, 1.807) is 6.07 Å². The van der Waals surface area contributed by atoms with Crippen molar-refractivity contribution in [3.8, 4) is 0 Å². The Balaban J connectivity index is 0.00000196. The molecule has 0 radical (unpaired) electrons. The minimum absolute atomic E-state index is 0. The summed E-state index contributed by atoms with van der Waals surface area (Å²) in [6.45, 7) is 6.03. The van der Waals surface area contributed by atoms with Crippen molar-refractivity contribution in [2.45, 2.75) is 26.8 Å². The average molecular weight is 252 g/mol. The maximum Gasteiger partial charge on any atom is 0.125 e. The van der Waals surface area contributed by atoms with Crippen LogP contribution in [0.4, 0.5) is 4.39 Å². The average Bonchev–Trinajstić information content (AvgIpc) is 1.99. The fraction of sp³-hybridized carbons (Fsp3) is 0.455. The van der Waals surface area contributed by atoms with Crippen LogP contribution in [-0.2, 0) is 0 Å². The molecular formula is C11H16Cl2FN. The predicted octanol–water partition coefficient (Wildman–Crippen LogP) is 3.95. The third-order valence-electron chi connectivity index (χ3n) is 2.18. The minimum atomic E-state index is -0.341. The number of halogens is 3. The SMILES string of the molecule is CC(C)(C)[C@@H](N)c1cc(F)cc(Cl)c1.Cl. The van der Waals surface area contributed by atoms with Crippen LogP contribution in [0.25, 0.3) is 0 Å². The monoisotopic (exact) mass is 251 g/mol. The molecule has 2 N–H and O–H groups in total. The van der Waals surface area contributed by atoms with Gasteiger partial charge in [-0.25, -0.2) is 4.39 Å². The number of rotatable bonds is 1. The molecule has 0 saturated carbocycles. The third-order valence-corrected chi connectivity index (χ3v) is 2.40. The highest BCUT2D eigenvalue weighted by atomic mass is 35.5. The zero-order chi connectivity index (χ0) is 10.9. The molecule has 0 aromatic heterocycles. The maximum atomic E-state index is 13.0. The molecule has 86 valence electrons. The van der Waals surface area contributed by atoms with Gasteiger partial charge in [-0.1, -0.05) is 32.4 Å². The van der Waals surface area contributed by atoms with Gasteiger partial charge in [-0.2, -0.15) is 0 Å². The van der Waals surface area contributed by atoms with Crippen molar-refractivity contribution >= 4 is 24.0 Å². The Morgan fingerprint density at radius 2 is 1.80 bits per heavy atom. The van der Waals surface area contributed by atoms with Crippen LogP contribution in [0, 0.1) is 11.2 Å². The summed E-state index contributed by atoms with van der Waals surface area (Å²) in [5.74, 6) is -0.341. The predicted molar refractivity (Wildman–Crippen MR) is 65.0 cm³/mol. The van der Waals surface area contributed by atoms with E-state index in [1.807, 2.05) is 20.8 Å². The highest BCUT2D eigenvalue weighted by Crippen LogP contribution is 2.31. The van der Waals surface area contributed by atoms with Crippen LogP contribution < -0.4 is 5.73 Å². The molecule has 0 amide bonds. The number of nitrogens with two attached hydrogens (primary N) is 1. The number of hydrogen-bond donors (Lipinski definition) is 1. The van der Waals surface area contributed by atoms with Crippen molar-refractivity contribution < 1.29 is 4.39 Å². The van der Waals surface area contributed by atoms with E-state index in [-0.39, 0.29) is 29.7 Å². The van der Waals surface area contributed by atoms with E-state index < -0.39 is 0 Å². The molecule has 1 atom stereocenters. The van der Waals surface area contributed by atoms with Crippen molar-refractivity contribution in [3.05, 3.63) is 34.6 Å². The number of benzene rings is 1. The van der Waals surface area contributed by atoms with E-state index in [2.05, 4.69) is 0 Å². The first-order chi connectivity index (χ1) is 6.30. The summed E-state index contributed by atoms with van der Waals surface area (Å²) in [4.78, 5) is 0. The Morgan fingerprint density at radius 1 is 1.27 bits per heavy atom. The first-order valence-corrected chi connectivity index (χ1v) is 4.90. The van der Waals surface area contributed by atoms with Gasteiger partial charge < -0.3 is 5.73 Å². The second-order valence-corrected chi connectivity index (χ2v) is 4.98. The van der Waals surface area contributed by atoms with Gasteiger partial charge >= 0.3 is 0 Å². The molecule has 0 bridgehead atoms. The van der Waals surface area contributed by atoms with Gasteiger partial charge in [-0.05, 0) is 29.2 Å². The molecule has 1 nitrogen and oxygen atoms in total. The van der Waals surface area contributed by atoms with Crippen LogP contribution in [0.5, 0.6) is 0 Å². The molecule has 4 heteroatoms. The van der Waals surface area contributed by atoms with Crippen molar-refractivity contribution in [3.63, 3.8) is 0 Å². The normalized spacial score (nSPS) is 13.2. The molecule has 0 heterocycles. The lowest BCUT2D eigenvalue weighted by atomic mass is 9.83. The summed E-state index contributed by atoms with van der Waals surface area (Å²) in [6.07, 6.45) is 0. The van der Waals surface area contributed by atoms with Gasteiger partial charge in [0, 0.05) is 11.1 Å². The molecule has 15 heavy (non-hydrogen) atoms. The fourth-order valence-corrected chi connectivity index (χ4v) is 1.48. The van der Waals surface area contributed by atoms with E-state index in [0.717, 1.165) is 5.56 Å². The van der Waals surface area contributed by atoms with Crippen LogP contribution in [0.15, 0.2) is 18.2 Å². The summed E-state index contributed by atoms with van der Waals surface area (Å²) >= 11 is 5.75. The van der Waals surface area contributed by atoms with E-state index in [1.165, 1.54) is 12.1 Å². The molecule has 1 aromatic carbocycles. The summed E-state index contributed by atoms with van der Waals surface area (Å²) < 4.78 is 13.0. The van der Waals surface area contributed by atoms with Crippen molar-refractivity contribution in [1.82, 2.24) is 0 Å². The lowest BCUT2D eigenvalue weighted by molar-refractivity contribution is 0.326. The Bertz CT molecular complexity index is 314. The van der Waals surface area contributed by atoms with Gasteiger partial charge in [0.2, 0.25) is 0 Å². The highest BCUT2D eigenvalue weighted by molar-refractivity contribution is 6.30. The molecule has 0 aliphatic carbocycles. The summed E-state index contributed by atoms with van der Waals surface area (Å²) in [5.41, 5.74) is 6.62. The summed E-state index contributed by atoms with van der Waals surface area (Å²) in [6, 6.07) is 4.21. The smallest absolute Gasteiger partial charge is 0.125 e. The Labute approximate surface area is 101 Å². The third kappa shape index (κ3) is 3.98. The van der Waals surface area contributed by atoms with Gasteiger partial charge in [0.05, 0.1) is 0 Å². The Morgan fingerprint density at radius 3 is 2.20 bits per heavy atom. The molecule has 1 aromatic rings. The summed E-state index contributed by atoms with van der Waals surface area (Å²) in [5, 5.41) is 0.389. The lowest BCUT2D eigenvalue weighted by Gasteiger charge is -2.27. The Kier molecular flexibility index (Phi) is 5.04. The fourth-order valence-electron chi connectivity index (χ4n) is 1.25. The molecule has 1 rings (SSSR count). The van der Waals surface area contributed by atoms with E-state index in [0.29, 0.717) is 5.02 Å². The van der Waals surface area contributed by atoms with Crippen LogP contribution in [0.2, 0.25) is 5.02 Å². The van der Waals surface area contributed by atoms with Gasteiger partial charge in [0.1, 0.15) is 5.82 Å². The van der Waals surface area contributed by atoms with Gasteiger partial charge in [0.15, 0.2) is 0 Å². The molecule has 0 spiro atoms. The minimum Gasteiger partial charge on any atom is -0.324 e. The van der Waals surface area contributed by atoms with E-state index in [4.69, 9.17) is 17.3 Å². The second-order valence-electron chi connectivity index (χ2n) is 4.55. The summed E-state index contributed by atoms with van der Waals surface area (Å²) in [7, 11) is 0. The molecular weight excluding hydrogens is 236 g/mol. The standard InChI is InChI=1S/C11H15ClFN.ClH/c1-11(2,3)10(14)7-4-8(12)6-9(13)5-7;/h4-6,10H,14H2,1-3H3;1H/t10-;/m0./s1. The van der Waals surface area contributed by atoms with Crippen LogP contribution in [0.1, 0.15) is 32.4 Å². The van der Waals surface area contributed by atoms with E-state index >= 15 is 0 Å². The maximum absolute atomic E-state index is 13.0. The molecule has 0 fully saturated rings. The molecule has 0 saturated heterocycles. The van der Waals surface area contributed by atoms with Crippen LogP contribution >= 0.6 is 24.0 Å². The lowest BCUT2D eigenvalue weighted by Crippen LogP contribution is -2.26. The first-order valence-electron chi connectivity index (χ1n) is 4.52. The quantitative estimate of drug-likeness (QED) is 0.804. The van der Waals surface area contributed by atoms with Crippen molar-refractivity contribution in [2.24, 2.45) is 11.1 Å². The molecule has 0 unspecified atom stereocenters. The Hall–Kier alpha value is -0.310. The molecule has 0 aliphatic heterocycles. The first kappa shape index (κ1) is 14.7. The number of hydrogen-bond acceptors (Lipinski definition) is 1. The van der Waals surface area contributed by atoms with Crippen molar-refractivity contribution in [1.29, 1.82) is 0 Å². The van der Waals surface area contributed by atoms with Crippen LogP contribution in [0.3, 0.4) is 0 Å².